The number of aliphatic hydroxyl groups is 2. The molecule has 0 aromatic heterocycles. The molecule has 3 nitrogen and oxygen atoms in total. The third-order valence-corrected chi connectivity index (χ3v) is 4.41. The number of rotatable bonds is 10. The maximum atomic E-state index is 9.47. The zero-order chi connectivity index (χ0) is 13.1. The van der Waals surface area contributed by atoms with Crippen molar-refractivity contribution in [1.29, 1.82) is 0 Å². The van der Waals surface area contributed by atoms with Gasteiger partial charge in [-0.3, -0.25) is 0 Å². The molecule has 0 spiro atoms. The van der Waals surface area contributed by atoms with Crippen LogP contribution in [0.2, 0.25) is 0 Å². The molecule has 0 aliphatic heterocycles. The molecule has 2 atom stereocenters. The highest BCUT2D eigenvalue weighted by molar-refractivity contribution is 7.82. The number of hydrogen-bond acceptors (Lipinski definition) is 4. The van der Waals surface area contributed by atoms with E-state index in [9.17, 15) is 10.2 Å². The zero-order valence-electron chi connectivity index (χ0n) is 10.9. The fourth-order valence-corrected chi connectivity index (χ4v) is 3.07. The average Bonchev–Trinajstić information content (AvgIpc) is 2.32. The SMILES string of the molecule is CCCCCCCCC(S)[Si]=C(O)C(O)OC. The molecule has 0 amide bonds. The maximum Gasteiger partial charge on any atom is 0.207 e. The quantitative estimate of drug-likeness (QED) is 0.248. The highest BCUT2D eigenvalue weighted by atomic mass is 32.1. The summed E-state index contributed by atoms with van der Waals surface area (Å²) in [6.07, 6.45) is 7.39. The first-order valence-corrected chi connectivity index (χ1v) is 7.92. The summed E-state index contributed by atoms with van der Waals surface area (Å²) in [5, 5.41) is 18.7. The molecule has 1 radical (unpaired) electrons. The van der Waals surface area contributed by atoms with Crippen molar-refractivity contribution in [2.45, 2.75) is 63.0 Å². The molecule has 2 unspecified atom stereocenters. The minimum Gasteiger partial charge on any atom is -0.513 e. The van der Waals surface area contributed by atoms with E-state index in [1.165, 1.54) is 39.2 Å². The van der Waals surface area contributed by atoms with Crippen molar-refractivity contribution in [3.63, 3.8) is 0 Å². The average molecular weight is 277 g/mol. The summed E-state index contributed by atoms with van der Waals surface area (Å²) in [6.45, 7) is 2.21. The third kappa shape index (κ3) is 9.82. The van der Waals surface area contributed by atoms with Gasteiger partial charge in [-0.1, -0.05) is 45.4 Å². The Bertz CT molecular complexity index is 212. The lowest BCUT2D eigenvalue weighted by molar-refractivity contribution is -0.0290. The molecule has 0 rings (SSSR count). The van der Waals surface area contributed by atoms with Gasteiger partial charge < -0.3 is 14.9 Å². The van der Waals surface area contributed by atoms with Crippen molar-refractivity contribution in [2.75, 3.05) is 7.11 Å². The second kappa shape index (κ2) is 11.3. The minimum absolute atomic E-state index is 0.00140. The van der Waals surface area contributed by atoms with Crippen molar-refractivity contribution >= 4 is 27.1 Å². The number of hydrogen-bond donors (Lipinski definition) is 3. The van der Waals surface area contributed by atoms with Crippen LogP contribution in [0.25, 0.3) is 0 Å². The van der Waals surface area contributed by atoms with Gasteiger partial charge in [0.2, 0.25) is 6.29 Å². The molecule has 0 aromatic rings. The standard InChI is InChI=1S/C12H25O3SSi/c1-3-4-5-6-7-8-9-10(16)17-12(14)11(13)15-2/h10-11,13-14,16H,3-9H2,1-2H3. The number of thiol groups is 1. The molecule has 0 bridgehead atoms. The topological polar surface area (TPSA) is 49.7 Å². The molecule has 0 aromatic carbocycles. The number of aliphatic hydroxyl groups excluding tert-OH is 2. The normalized spacial score (nSPS) is 15.9. The zero-order valence-corrected chi connectivity index (χ0v) is 12.7. The van der Waals surface area contributed by atoms with Gasteiger partial charge in [0.15, 0.2) is 0 Å². The molecule has 5 heteroatoms. The highest BCUT2D eigenvalue weighted by Crippen LogP contribution is 2.10. The fraction of sp³-hybridized carbons (Fsp3) is 0.917. The van der Waals surface area contributed by atoms with Crippen LogP contribution in [0, 0.1) is 0 Å². The molecule has 0 heterocycles. The van der Waals surface area contributed by atoms with E-state index >= 15 is 0 Å². The van der Waals surface area contributed by atoms with E-state index in [4.69, 9.17) is 0 Å². The van der Waals surface area contributed by atoms with Gasteiger partial charge in [0.1, 0.15) is 5.35 Å². The number of ether oxygens (including phenoxy) is 1. The van der Waals surface area contributed by atoms with Crippen LogP contribution in [0.1, 0.15) is 51.9 Å². The van der Waals surface area contributed by atoms with E-state index in [1.807, 2.05) is 0 Å². The van der Waals surface area contributed by atoms with E-state index in [1.54, 1.807) is 0 Å². The van der Waals surface area contributed by atoms with Gasteiger partial charge in [0.05, 0.1) is 9.13 Å². The minimum atomic E-state index is -1.16. The van der Waals surface area contributed by atoms with Crippen molar-refractivity contribution in [2.24, 2.45) is 0 Å². The first-order valence-electron chi connectivity index (χ1n) is 6.33. The van der Waals surface area contributed by atoms with Crippen LogP contribution in [0.15, 0.2) is 0 Å². The highest BCUT2D eigenvalue weighted by Gasteiger charge is 2.10. The Morgan fingerprint density at radius 3 is 2.41 bits per heavy atom. The van der Waals surface area contributed by atoms with Crippen molar-refractivity contribution < 1.29 is 14.9 Å². The molecular weight excluding hydrogens is 252 g/mol. The summed E-state index contributed by atoms with van der Waals surface area (Å²) < 4.78 is 4.62. The van der Waals surface area contributed by atoms with E-state index in [2.05, 4.69) is 24.3 Å². The molecule has 101 valence electrons. The third-order valence-electron chi connectivity index (χ3n) is 2.60. The van der Waals surface area contributed by atoms with Crippen molar-refractivity contribution in [3.05, 3.63) is 0 Å². The second-order valence-electron chi connectivity index (χ2n) is 4.19. The van der Waals surface area contributed by atoms with Crippen molar-refractivity contribution in [3.8, 4) is 0 Å². The Balaban J connectivity index is 3.61. The Morgan fingerprint density at radius 1 is 1.24 bits per heavy atom. The first kappa shape index (κ1) is 17.2. The van der Waals surface area contributed by atoms with Crippen LogP contribution in [0.5, 0.6) is 0 Å². The van der Waals surface area contributed by atoms with E-state index in [0.717, 1.165) is 12.8 Å². The number of methoxy groups -OCH3 is 1. The van der Waals surface area contributed by atoms with E-state index in [-0.39, 0.29) is 19.4 Å². The summed E-state index contributed by atoms with van der Waals surface area (Å²) in [7, 11) is 1.51. The summed E-state index contributed by atoms with van der Waals surface area (Å²) in [6, 6.07) is 0. The predicted octanol–water partition coefficient (Wildman–Crippen LogP) is 2.16. The summed E-state index contributed by atoms with van der Waals surface area (Å²) in [5.74, 6) is 0. The largest absolute Gasteiger partial charge is 0.513 e. The van der Waals surface area contributed by atoms with Crippen LogP contribution >= 0.6 is 12.6 Å². The Labute approximate surface area is 112 Å². The molecular formula is C12H25O3SSi. The van der Waals surface area contributed by atoms with Crippen molar-refractivity contribution in [1.82, 2.24) is 0 Å². The lowest BCUT2D eigenvalue weighted by atomic mass is 10.1. The lowest BCUT2D eigenvalue weighted by Crippen LogP contribution is -2.27. The summed E-state index contributed by atoms with van der Waals surface area (Å²) in [5.41, 5.74) is 0. The van der Waals surface area contributed by atoms with Gasteiger partial charge in [0.25, 0.3) is 0 Å². The van der Waals surface area contributed by atoms with E-state index in [0.29, 0.717) is 0 Å². The molecule has 0 saturated heterocycles. The second-order valence-corrected chi connectivity index (χ2v) is 6.80. The summed E-state index contributed by atoms with van der Waals surface area (Å²) in [4.78, 5) is 0.131. The molecule has 0 aliphatic rings. The lowest BCUT2D eigenvalue weighted by Gasteiger charge is -2.10. The monoisotopic (exact) mass is 277 g/mol. The van der Waals surface area contributed by atoms with Crippen LogP contribution in [0.3, 0.4) is 0 Å². The Kier molecular flexibility index (Phi) is 11.4. The molecule has 0 fully saturated rings. The van der Waals surface area contributed by atoms with Gasteiger partial charge in [-0.15, -0.1) is 0 Å². The van der Waals surface area contributed by atoms with Gasteiger partial charge in [0, 0.05) is 12.0 Å². The first-order chi connectivity index (χ1) is 8.11. The Morgan fingerprint density at radius 2 is 1.82 bits per heavy atom. The number of unbranched alkanes of at least 4 members (excludes halogenated alkanes) is 5. The van der Waals surface area contributed by atoms with Gasteiger partial charge in [-0.05, 0) is 6.42 Å². The molecule has 0 saturated carbocycles. The molecule has 2 N–H and O–H groups in total. The van der Waals surface area contributed by atoms with Gasteiger partial charge >= 0.3 is 0 Å². The molecule has 17 heavy (non-hydrogen) atoms. The van der Waals surface area contributed by atoms with Crippen LogP contribution in [0.4, 0.5) is 0 Å². The Hall–Kier alpha value is 0.157. The molecule has 0 aliphatic carbocycles. The fourth-order valence-electron chi connectivity index (χ4n) is 1.54. The summed E-state index contributed by atoms with van der Waals surface area (Å²) >= 11 is 4.41. The van der Waals surface area contributed by atoms with Crippen LogP contribution in [-0.2, 0) is 4.74 Å². The van der Waals surface area contributed by atoms with Gasteiger partial charge in [-0.2, -0.15) is 12.6 Å². The van der Waals surface area contributed by atoms with Gasteiger partial charge in [-0.25, -0.2) is 0 Å². The smallest absolute Gasteiger partial charge is 0.207 e. The van der Waals surface area contributed by atoms with E-state index < -0.39 is 6.29 Å². The van der Waals surface area contributed by atoms with Crippen LogP contribution in [-0.4, -0.2) is 43.0 Å². The van der Waals surface area contributed by atoms with Crippen LogP contribution < -0.4 is 0 Å². The maximum absolute atomic E-state index is 9.47. The predicted molar refractivity (Wildman–Crippen MR) is 76.5 cm³/mol.